The number of aromatic nitrogens is 1. The summed E-state index contributed by atoms with van der Waals surface area (Å²) in [4.78, 5) is 27.4. The van der Waals surface area contributed by atoms with Crippen molar-refractivity contribution < 1.29 is 14.7 Å². The number of rotatable bonds is 3. The Bertz CT molecular complexity index is 458. The first kappa shape index (κ1) is 13.0. The van der Waals surface area contributed by atoms with Crippen LogP contribution >= 0.6 is 11.3 Å². The number of aryl methyl sites for hydroxylation is 1. The number of carboxylic acids is 1. The third kappa shape index (κ3) is 2.87. The lowest BCUT2D eigenvalue weighted by Gasteiger charge is -2.26. The van der Waals surface area contributed by atoms with Crippen LogP contribution < -0.4 is 5.32 Å². The minimum Gasteiger partial charge on any atom is -0.481 e. The predicted molar refractivity (Wildman–Crippen MR) is 68.6 cm³/mol. The zero-order valence-corrected chi connectivity index (χ0v) is 11.0. The van der Waals surface area contributed by atoms with E-state index >= 15 is 0 Å². The fourth-order valence-electron chi connectivity index (χ4n) is 2.35. The van der Waals surface area contributed by atoms with E-state index in [9.17, 15) is 9.59 Å². The topological polar surface area (TPSA) is 79.3 Å². The number of carbonyl (C=O) groups is 2. The Kier molecular flexibility index (Phi) is 3.96. The molecule has 0 radical (unpaired) electrons. The van der Waals surface area contributed by atoms with E-state index in [4.69, 9.17) is 5.11 Å². The monoisotopic (exact) mass is 268 g/mol. The van der Waals surface area contributed by atoms with Crippen LogP contribution in [-0.2, 0) is 9.59 Å². The summed E-state index contributed by atoms with van der Waals surface area (Å²) < 4.78 is 0. The van der Waals surface area contributed by atoms with Gasteiger partial charge in [-0.3, -0.25) is 9.59 Å². The number of hydrogen-bond acceptors (Lipinski definition) is 4. The van der Waals surface area contributed by atoms with Gasteiger partial charge in [-0.1, -0.05) is 12.8 Å². The summed E-state index contributed by atoms with van der Waals surface area (Å²) in [5, 5.41) is 14.3. The minimum atomic E-state index is -0.870. The number of nitrogens with one attached hydrogen (secondary N) is 1. The Labute approximate surface area is 109 Å². The largest absolute Gasteiger partial charge is 0.481 e. The van der Waals surface area contributed by atoms with Crippen molar-refractivity contribution in [3.05, 3.63) is 11.1 Å². The van der Waals surface area contributed by atoms with E-state index in [0.717, 1.165) is 18.5 Å². The number of aliphatic carboxylic acids is 1. The van der Waals surface area contributed by atoms with Gasteiger partial charge in [0.2, 0.25) is 5.91 Å². The summed E-state index contributed by atoms with van der Waals surface area (Å²) in [5.74, 6) is -2.07. The van der Waals surface area contributed by atoms with Crippen molar-refractivity contribution in [2.45, 2.75) is 32.6 Å². The van der Waals surface area contributed by atoms with Crippen molar-refractivity contribution in [2.75, 3.05) is 5.32 Å². The zero-order chi connectivity index (χ0) is 13.1. The number of carbonyl (C=O) groups excluding carboxylic acids is 1. The molecular weight excluding hydrogens is 252 g/mol. The van der Waals surface area contributed by atoms with Gasteiger partial charge in [0.15, 0.2) is 5.13 Å². The van der Waals surface area contributed by atoms with Crippen LogP contribution in [0.25, 0.3) is 0 Å². The van der Waals surface area contributed by atoms with Gasteiger partial charge in [-0.05, 0) is 19.8 Å². The van der Waals surface area contributed by atoms with Crippen LogP contribution in [0, 0.1) is 18.8 Å². The van der Waals surface area contributed by atoms with Crippen LogP contribution in [0.1, 0.15) is 31.4 Å². The fraction of sp³-hybridized carbons (Fsp3) is 0.583. The lowest BCUT2D eigenvalue weighted by molar-refractivity contribution is -0.147. The van der Waals surface area contributed by atoms with Crippen LogP contribution in [0.2, 0.25) is 0 Å². The molecule has 1 fully saturated rings. The highest BCUT2D eigenvalue weighted by molar-refractivity contribution is 7.13. The molecule has 1 amide bonds. The molecule has 98 valence electrons. The summed E-state index contributed by atoms with van der Waals surface area (Å²) in [6.45, 7) is 1.85. The van der Waals surface area contributed by atoms with E-state index in [1.165, 1.54) is 11.3 Å². The molecule has 1 aliphatic carbocycles. The molecule has 1 saturated carbocycles. The molecule has 0 aliphatic heterocycles. The summed E-state index contributed by atoms with van der Waals surface area (Å²) in [6, 6.07) is 0. The average Bonchev–Trinajstić information content (AvgIpc) is 2.74. The first-order valence-electron chi connectivity index (χ1n) is 6.03. The van der Waals surface area contributed by atoms with Crippen LogP contribution in [0.3, 0.4) is 0 Å². The van der Waals surface area contributed by atoms with Gasteiger partial charge in [-0.25, -0.2) is 4.98 Å². The van der Waals surface area contributed by atoms with Gasteiger partial charge < -0.3 is 10.4 Å². The standard InChI is InChI=1S/C12H16N2O3S/c1-7-6-18-12(13-7)14-10(15)8-4-2-3-5-9(8)11(16)17/h6,8-9H,2-5H2,1H3,(H,16,17)(H,13,14,15). The first-order chi connectivity index (χ1) is 8.58. The van der Waals surface area contributed by atoms with Crippen molar-refractivity contribution in [3.63, 3.8) is 0 Å². The van der Waals surface area contributed by atoms with E-state index in [2.05, 4.69) is 10.3 Å². The van der Waals surface area contributed by atoms with Gasteiger partial charge >= 0.3 is 5.97 Å². The van der Waals surface area contributed by atoms with Crippen LogP contribution in [0.4, 0.5) is 5.13 Å². The molecule has 6 heteroatoms. The highest BCUT2D eigenvalue weighted by Gasteiger charge is 2.35. The third-order valence-corrected chi connectivity index (χ3v) is 4.14. The quantitative estimate of drug-likeness (QED) is 0.881. The van der Waals surface area contributed by atoms with E-state index in [-0.39, 0.29) is 5.91 Å². The number of carboxylic acid groups (broad SMARTS) is 1. The summed E-state index contributed by atoms with van der Waals surface area (Å²) in [5.41, 5.74) is 0.855. The SMILES string of the molecule is Cc1csc(NC(=O)C2CCCCC2C(=O)O)n1. The van der Waals surface area contributed by atoms with Crippen molar-refractivity contribution >= 4 is 28.3 Å². The number of amides is 1. The Morgan fingerprint density at radius 2 is 2.06 bits per heavy atom. The normalized spacial score (nSPS) is 23.6. The lowest BCUT2D eigenvalue weighted by Crippen LogP contribution is -2.36. The molecule has 2 N–H and O–H groups in total. The number of thiazole rings is 1. The Balaban J connectivity index is 2.04. The molecule has 2 unspecified atom stereocenters. The number of nitrogens with zero attached hydrogens (tertiary/aromatic N) is 1. The molecule has 5 nitrogen and oxygen atoms in total. The van der Waals surface area contributed by atoms with Gasteiger partial charge in [-0.15, -0.1) is 11.3 Å². The van der Waals surface area contributed by atoms with Gasteiger partial charge in [0.25, 0.3) is 0 Å². The molecule has 1 aromatic heterocycles. The van der Waals surface area contributed by atoms with E-state index < -0.39 is 17.8 Å². The van der Waals surface area contributed by atoms with Gasteiger partial charge in [0.1, 0.15) is 0 Å². The van der Waals surface area contributed by atoms with Crippen molar-refractivity contribution in [1.82, 2.24) is 4.98 Å². The van der Waals surface area contributed by atoms with E-state index in [0.29, 0.717) is 18.0 Å². The Hall–Kier alpha value is -1.43. The zero-order valence-electron chi connectivity index (χ0n) is 10.2. The molecule has 18 heavy (non-hydrogen) atoms. The second-order valence-electron chi connectivity index (χ2n) is 4.62. The van der Waals surface area contributed by atoms with E-state index in [1.807, 2.05) is 12.3 Å². The summed E-state index contributed by atoms with van der Waals surface area (Å²) in [7, 11) is 0. The number of anilines is 1. The molecule has 1 aromatic rings. The summed E-state index contributed by atoms with van der Waals surface area (Å²) in [6.07, 6.45) is 3.04. The number of hydrogen-bond donors (Lipinski definition) is 2. The van der Waals surface area contributed by atoms with Gasteiger partial charge in [-0.2, -0.15) is 0 Å². The third-order valence-electron chi connectivity index (χ3n) is 3.27. The molecule has 0 aromatic carbocycles. The molecule has 1 heterocycles. The molecule has 1 aliphatic rings. The maximum atomic E-state index is 12.1. The molecule has 0 bridgehead atoms. The van der Waals surface area contributed by atoms with Gasteiger partial charge in [0, 0.05) is 5.38 Å². The van der Waals surface area contributed by atoms with Crippen molar-refractivity contribution in [2.24, 2.45) is 11.8 Å². The molecule has 0 spiro atoms. The Morgan fingerprint density at radius 3 is 2.61 bits per heavy atom. The average molecular weight is 268 g/mol. The maximum Gasteiger partial charge on any atom is 0.307 e. The van der Waals surface area contributed by atoms with E-state index in [1.54, 1.807) is 0 Å². The highest BCUT2D eigenvalue weighted by Crippen LogP contribution is 2.31. The maximum absolute atomic E-state index is 12.1. The van der Waals surface area contributed by atoms with Crippen LogP contribution in [0.5, 0.6) is 0 Å². The first-order valence-corrected chi connectivity index (χ1v) is 6.91. The van der Waals surface area contributed by atoms with Crippen LogP contribution in [0.15, 0.2) is 5.38 Å². The summed E-state index contributed by atoms with van der Waals surface area (Å²) >= 11 is 1.36. The highest BCUT2D eigenvalue weighted by atomic mass is 32.1. The second kappa shape index (κ2) is 5.48. The second-order valence-corrected chi connectivity index (χ2v) is 5.48. The predicted octanol–water partition coefficient (Wildman–Crippen LogP) is 2.28. The fourth-order valence-corrected chi connectivity index (χ4v) is 3.04. The smallest absolute Gasteiger partial charge is 0.307 e. The van der Waals surface area contributed by atoms with Crippen LogP contribution in [-0.4, -0.2) is 22.0 Å². The minimum absolute atomic E-state index is 0.212. The molecular formula is C12H16N2O3S. The lowest BCUT2D eigenvalue weighted by atomic mass is 9.79. The molecule has 2 atom stereocenters. The van der Waals surface area contributed by atoms with Gasteiger partial charge in [0.05, 0.1) is 17.5 Å². The van der Waals surface area contributed by atoms with Crippen molar-refractivity contribution in [1.29, 1.82) is 0 Å². The molecule has 2 rings (SSSR count). The van der Waals surface area contributed by atoms with Crippen molar-refractivity contribution in [3.8, 4) is 0 Å². The molecule has 0 saturated heterocycles. The Morgan fingerprint density at radius 1 is 1.39 bits per heavy atom.